The van der Waals surface area contributed by atoms with Crippen LogP contribution in [0.3, 0.4) is 0 Å². The van der Waals surface area contributed by atoms with Crippen LogP contribution in [0.1, 0.15) is 53.2 Å². The average molecular weight is 426 g/mol. The van der Waals surface area contributed by atoms with Gasteiger partial charge in [-0.3, -0.25) is 0 Å². The van der Waals surface area contributed by atoms with Crippen LogP contribution in [0.2, 0.25) is 0 Å². The summed E-state index contributed by atoms with van der Waals surface area (Å²) in [5, 5.41) is 10.5. The molecule has 2 nitrogen and oxygen atoms in total. The molecule has 2 aliphatic rings. The van der Waals surface area contributed by atoms with Gasteiger partial charge in [0.15, 0.2) is 0 Å². The highest BCUT2D eigenvalue weighted by Gasteiger charge is 2.22. The van der Waals surface area contributed by atoms with Crippen molar-refractivity contribution in [3.63, 3.8) is 0 Å². The number of likely N-dealkylation sites (tertiary alicyclic amines) is 1. The molecule has 32 heavy (non-hydrogen) atoms. The minimum absolute atomic E-state index is 0.269. The van der Waals surface area contributed by atoms with E-state index in [1.165, 1.54) is 45.5 Å². The van der Waals surface area contributed by atoms with Crippen molar-refractivity contribution in [1.29, 1.82) is 0 Å². The number of halogens is 1. The third kappa shape index (κ3) is 4.32. The van der Waals surface area contributed by atoms with Crippen molar-refractivity contribution in [3.8, 4) is 0 Å². The molecule has 1 aliphatic carbocycles. The Morgan fingerprint density at radius 1 is 0.781 bits per heavy atom. The molecule has 0 bridgehead atoms. The summed E-state index contributed by atoms with van der Waals surface area (Å²) in [5.41, 5.74) is 8.89. The molecule has 1 unspecified atom stereocenters. The van der Waals surface area contributed by atoms with Gasteiger partial charge in [-0.25, -0.2) is 4.39 Å². The van der Waals surface area contributed by atoms with E-state index >= 15 is 0 Å². The second kappa shape index (κ2) is 9.23. The van der Waals surface area contributed by atoms with Crippen molar-refractivity contribution in [1.82, 2.24) is 4.90 Å². The summed E-state index contributed by atoms with van der Waals surface area (Å²) < 4.78 is 13.1. The van der Waals surface area contributed by atoms with Gasteiger partial charge in [-0.2, -0.15) is 0 Å². The fourth-order valence-corrected chi connectivity index (χ4v) is 4.90. The maximum Gasteiger partial charge on any atom is 0.123 e. The Morgan fingerprint density at radius 3 is 1.94 bits per heavy atom. The zero-order chi connectivity index (χ0) is 21.9. The molecule has 1 saturated heterocycles. The molecule has 3 aromatic rings. The first-order valence-corrected chi connectivity index (χ1v) is 11.4. The van der Waals surface area contributed by atoms with E-state index in [9.17, 15) is 9.50 Å². The Balaban J connectivity index is 1.33. The summed E-state index contributed by atoms with van der Waals surface area (Å²) in [7, 11) is 0. The molecule has 1 aliphatic heterocycles. The Morgan fingerprint density at radius 2 is 1.34 bits per heavy atom. The molecule has 0 aromatic heterocycles. The zero-order valence-corrected chi connectivity index (χ0v) is 18.2. The molecule has 3 heteroatoms. The van der Waals surface area contributed by atoms with E-state index in [0.29, 0.717) is 6.42 Å². The van der Waals surface area contributed by atoms with Gasteiger partial charge in [-0.15, -0.1) is 0 Å². The second-order valence-corrected chi connectivity index (χ2v) is 8.68. The predicted molar refractivity (Wildman–Crippen MR) is 129 cm³/mol. The van der Waals surface area contributed by atoms with Gasteiger partial charge in [0.05, 0.1) is 6.10 Å². The van der Waals surface area contributed by atoms with Crippen molar-refractivity contribution in [2.45, 2.75) is 25.4 Å². The Kier molecular flexibility index (Phi) is 6.02. The molecule has 0 radical (unpaired) electrons. The number of benzene rings is 3. The van der Waals surface area contributed by atoms with Gasteiger partial charge in [0.25, 0.3) is 0 Å². The first kappa shape index (κ1) is 20.9. The molecule has 3 aromatic carbocycles. The Bertz CT molecular complexity index is 1100. The van der Waals surface area contributed by atoms with Crippen LogP contribution in [0.4, 0.5) is 4.39 Å². The first-order valence-electron chi connectivity index (χ1n) is 11.4. The number of piperidine rings is 1. The number of aliphatic hydroxyl groups is 1. The fourth-order valence-electron chi connectivity index (χ4n) is 4.90. The molecule has 0 saturated carbocycles. The highest BCUT2D eigenvalue weighted by molar-refractivity contribution is 5.94. The average Bonchev–Trinajstić information content (AvgIpc) is 3.00. The number of hydrogen-bond donors (Lipinski definition) is 1. The molecular formula is C29H28FNO. The molecule has 162 valence electrons. The van der Waals surface area contributed by atoms with Crippen LogP contribution in [0.15, 0.2) is 78.4 Å². The van der Waals surface area contributed by atoms with E-state index in [0.717, 1.165) is 38.0 Å². The van der Waals surface area contributed by atoms with Crippen molar-refractivity contribution in [3.05, 3.63) is 112 Å². The zero-order valence-electron chi connectivity index (χ0n) is 18.2. The summed E-state index contributed by atoms with van der Waals surface area (Å²) >= 11 is 0. The lowest BCUT2D eigenvalue weighted by molar-refractivity contribution is 0.139. The van der Waals surface area contributed by atoms with Gasteiger partial charge in [0, 0.05) is 19.6 Å². The van der Waals surface area contributed by atoms with Gasteiger partial charge in [-0.05, 0) is 64.8 Å². The van der Waals surface area contributed by atoms with Crippen LogP contribution in [0.5, 0.6) is 0 Å². The van der Waals surface area contributed by atoms with E-state index in [2.05, 4.69) is 65.6 Å². The molecular weight excluding hydrogens is 397 g/mol. The molecule has 5 rings (SSSR count). The van der Waals surface area contributed by atoms with Crippen LogP contribution in [-0.4, -0.2) is 29.6 Å². The van der Waals surface area contributed by atoms with E-state index in [-0.39, 0.29) is 5.82 Å². The summed E-state index contributed by atoms with van der Waals surface area (Å²) in [5.74, 6) is -0.269. The maximum absolute atomic E-state index is 13.1. The van der Waals surface area contributed by atoms with Crippen LogP contribution in [0.25, 0.3) is 17.7 Å². The minimum Gasteiger partial charge on any atom is -0.388 e. The van der Waals surface area contributed by atoms with Gasteiger partial charge in [0.1, 0.15) is 5.82 Å². The number of fused-ring (bicyclic) bond motifs is 2. The lowest BCUT2D eigenvalue weighted by Gasteiger charge is -2.31. The topological polar surface area (TPSA) is 23.5 Å². The van der Waals surface area contributed by atoms with Gasteiger partial charge < -0.3 is 10.0 Å². The summed E-state index contributed by atoms with van der Waals surface area (Å²) in [6.45, 7) is 2.83. The standard InChI is InChI=1S/C29H28FNO/c30-25-13-11-23(12-14-25)28(32)17-20-31-18-15-24(16-19-31)29-26-7-3-1-5-21(26)9-10-22-6-2-4-8-27(22)29/h1-14,28,32H,15-20H2. The van der Waals surface area contributed by atoms with Gasteiger partial charge in [0.2, 0.25) is 0 Å². The van der Waals surface area contributed by atoms with Gasteiger partial charge >= 0.3 is 0 Å². The van der Waals surface area contributed by atoms with Crippen LogP contribution in [0, 0.1) is 5.82 Å². The van der Waals surface area contributed by atoms with Crippen molar-refractivity contribution < 1.29 is 9.50 Å². The van der Waals surface area contributed by atoms with Crippen molar-refractivity contribution in [2.24, 2.45) is 0 Å². The maximum atomic E-state index is 13.1. The molecule has 1 fully saturated rings. The molecule has 0 spiro atoms. The monoisotopic (exact) mass is 425 g/mol. The van der Waals surface area contributed by atoms with Crippen LogP contribution >= 0.6 is 0 Å². The molecule has 1 atom stereocenters. The highest BCUT2D eigenvalue weighted by atomic mass is 19.1. The molecule has 0 amide bonds. The molecule has 1 N–H and O–H groups in total. The first-order chi connectivity index (χ1) is 15.7. The van der Waals surface area contributed by atoms with E-state index in [4.69, 9.17) is 0 Å². The Hall–Kier alpha value is -3.01. The van der Waals surface area contributed by atoms with Crippen molar-refractivity contribution >= 4 is 17.7 Å². The number of aliphatic hydroxyl groups excluding tert-OH is 1. The number of hydrogen-bond acceptors (Lipinski definition) is 2. The van der Waals surface area contributed by atoms with E-state index in [1.54, 1.807) is 12.1 Å². The van der Waals surface area contributed by atoms with Crippen molar-refractivity contribution in [2.75, 3.05) is 19.6 Å². The lowest BCUT2D eigenvalue weighted by Crippen LogP contribution is -2.32. The third-order valence-corrected chi connectivity index (χ3v) is 6.69. The van der Waals surface area contributed by atoms with Crippen LogP contribution in [-0.2, 0) is 0 Å². The van der Waals surface area contributed by atoms with Crippen LogP contribution < -0.4 is 0 Å². The predicted octanol–water partition coefficient (Wildman–Crippen LogP) is 6.33. The number of rotatable bonds is 4. The smallest absolute Gasteiger partial charge is 0.123 e. The Labute approximate surface area is 189 Å². The normalized spacial score (nSPS) is 16.9. The quantitative estimate of drug-likeness (QED) is 0.413. The summed E-state index contributed by atoms with van der Waals surface area (Å²) in [6, 6.07) is 23.5. The number of nitrogens with zero attached hydrogens (tertiary/aromatic N) is 1. The minimum atomic E-state index is -0.554. The summed E-state index contributed by atoms with van der Waals surface area (Å²) in [4.78, 5) is 2.43. The van der Waals surface area contributed by atoms with Gasteiger partial charge in [-0.1, -0.05) is 78.4 Å². The van der Waals surface area contributed by atoms with E-state index in [1.807, 2.05) is 0 Å². The summed E-state index contributed by atoms with van der Waals surface area (Å²) in [6.07, 6.45) is 6.63. The fraction of sp³-hybridized carbons (Fsp3) is 0.241. The largest absolute Gasteiger partial charge is 0.388 e. The molecule has 1 heterocycles. The highest BCUT2D eigenvalue weighted by Crippen LogP contribution is 2.38. The van der Waals surface area contributed by atoms with E-state index < -0.39 is 6.10 Å². The second-order valence-electron chi connectivity index (χ2n) is 8.68. The SMILES string of the molecule is OC(CCN1CCC(=C2c3ccccc3C=Cc3ccccc32)CC1)c1ccc(F)cc1. The lowest BCUT2D eigenvalue weighted by atomic mass is 9.86. The third-order valence-electron chi connectivity index (χ3n) is 6.69.